The molecule has 0 saturated carbocycles. The van der Waals surface area contributed by atoms with Crippen LogP contribution in [-0.4, -0.2) is 63.6 Å². The first-order valence-corrected chi connectivity index (χ1v) is 23.2. The highest BCUT2D eigenvalue weighted by Gasteiger charge is 2.66. The molecule has 1 saturated heterocycles. The Hall–Kier alpha value is -6.25. The normalized spacial score (nSPS) is 20.2. The first-order valence-electron chi connectivity index (χ1n) is 20.2. The molecule has 60 heavy (non-hydrogen) atoms. The standard InChI is InChI=1S/C47H48N6O6Si/c1-31-43(60(2,3)58)42(25-26-52-29-40(50-51-52)38(30-54)33-13-7-4-8-14-33)59-47(31)39-27-37(49-45(56)35-17-11-6-12-18-35)23-24-41(39)53(46(47)57)28-32-19-21-36(22-20-32)48-44(55)34-15-9-5-10-16-34/h4-24,27,29,31,38,42-43,54,58H,25-26,28,30H2,1-3H3,(H,48,55)(H,49,56)/t31-,38?,42+,43-,47+/m1/s1. The number of hydrogen-bond acceptors (Lipinski definition) is 8. The van der Waals surface area contributed by atoms with Crippen LogP contribution in [0.3, 0.4) is 0 Å². The molecule has 0 aliphatic carbocycles. The van der Waals surface area contributed by atoms with Crippen LogP contribution in [0.15, 0.2) is 140 Å². The van der Waals surface area contributed by atoms with E-state index in [9.17, 15) is 19.5 Å². The van der Waals surface area contributed by atoms with Crippen LogP contribution in [-0.2, 0) is 28.2 Å². The highest BCUT2D eigenvalue weighted by atomic mass is 28.4. The van der Waals surface area contributed by atoms with Crippen molar-refractivity contribution in [3.8, 4) is 0 Å². The maximum absolute atomic E-state index is 15.2. The van der Waals surface area contributed by atoms with Crippen LogP contribution in [0.5, 0.6) is 0 Å². The number of aryl methyl sites for hydroxylation is 1. The second kappa shape index (κ2) is 16.8. The van der Waals surface area contributed by atoms with E-state index in [1.54, 1.807) is 52.0 Å². The topological polar surface area (TPSA) is 159 Å². The number of hydrogen-bond donors (Lipinski definition) is 4. The molecule has 0 bridgehead atoms. The van der Waals surface area contributed by atoms with Gasteiger partial charge in [0.15, 0.2) is 13.9 Å². The Morgan fingerprint density at radius 3 is 2.02 bits per heavy atom. The Balaban J connectivity index is 1.09. The average molecular weight is 821 g/mol. The first kappa shape index (κ1) is 40.5. The third kappa shape index (κ3) is 7.92. The molecule has 5 atom stereocenters. The molecule has 0 radical (unpaired) electrons. The second-order valence-electron chi connectivity index (χ2n) is 16.2. The molecular weight excluding hydrogens is 773 g/mol. The molecular formula is C47H48N6O6Si. The van der Waals surface area contributed by atoms with E-state index in [1.807, 2.05) is 117 Å². The molecule has 306 valence electrons. The summed E-state index contributed by atoms with van der Waals surface area (Å²) in [7, 11) is -3.00. The number of fused-ring (bicyclic) bond motifs is 2. The summed E-state index contributed by atoms with van der Waals surface area (Å²) < 4.78 is 8.83. The molecule has 2 aliphatic heterocycles. The van der Waals surface area contributed by atoms with Crippen LogP contribution >= 0.6 is 0 Å². The molecule has 6 aromatic rings. The number of nitrogens with one attached hydrogen (secondary N) is 2. The lowest BCUT2D eigenvalue weighted by atomic mass is 9.82. The minimum Gasteiger partial charge on any atom is -0.432 e. The summed E-state index contributed by atoms with van der Waals surface area (Å²) in [5.41, 5.74) is 4.06. The Bertz CT molecular complexity index is 2480. The lowest BCUT2D eigenvalue weighted by molar-refractivity contribution is -0.146. The van der Waals surface area contributed by atoms with E-state index in [2.05, 4.69) is 20.9 Å². The van der Waals surface area contributed by atoms with Gasteiger partial charge in [-0.3, -0.25) is 19.1 Å². The van der Waals surface area contributed by atoms with Crippen LogP contribution in [0.4, 0.5) is 17.1 Å². The fourth-order valence-electron chi connectivity index (χ4n) is 8.94. The van der Waals surface area contributed by atoms with Gasteiger partial charge in [-0.15, -0.1) is 5.10 Å². The van der Waals surface area contributed by atoms with Gasteiger partial charge in [0.1, 0.15) is 0 Å². The highest BCUT2D eigenvalue weighted by Crippen LogP contribution is 2.60. The molecule has 2 aliphatic rings. The van der Waals surface area contributed by atoms with Gasteiger partial charge in [-0.05, 0) is 85.2 Å². The number of anilines is 3. The van der Waals surface area contributed by atoms with Crippen LogP contribution in [0.25, 0.3) is 0 Å². The van der Waals surface area contributed by atoms with Crippen molar-refractivity contribution < 1.29 is 29.0 Å². The van der Waals surface area contributed by atoms with Crippen LogP contribution in [0.2, 0.25) is 18.6 Å². The lowest BCUT2D eigenvalue weighted by Gasteiger charge is -2.32. The maximum atomic E-state index is 15.2. The van der Waals surface area contributed by atoms with E-state index in [0.717, 1.165) is 11.1 Å². The largest absolute Gasteiger partial charge is 0.432 e. The van der Waals surface area contributed by atoms with Crippen LogP contribution in [0.1, 0.15) is 62.4 Å². The van der Waals surface area contributed by atoms with Crippen LogP contribution in [0, 0.1) is 5.92 Å². The average Bonchev–Trinajstić information content (AvgIpc) is 3.92. The van der Waals surface area contributed by atoms with E-state index in [1.165, 1.54) is 0 Å². The van der Waals surface area contributed by atoms with Gasteiger partial charge >= 0.3 is 0 Å². The summed E-state index contributed by atoms with van der Waals surface area (Å²) in [5.74, 6) is -1.53. The van der Waals surface area contributed by atoms with E-state index >= 15 is 4.79 Å². The van der Waals surface area contributed by atoms with Gasteiger partial charge < -0.3 is 30.2 Å². The number of ether oxygens (including phenoxy) is 1. The van der Waals surface area contributed by atoms with Crippen LogP contribution < -0.4 is 15.5 Å². The van der Waals surface area contributed by atoms with Crippen molar-refractivity contribution in [1.29, 1.82) is 0 Å². The van der Waals surface area contributed by atoms with Gasteiger partial charge in [-0.2, -0.15) is 0 Å². The highest BCUT2D eigenvalue weighted by molar-refractivity contribution is 6.71. The zero-order valence-electron chi connectivity index (χ0n) is 33.7. The van der Waals surface area contributed by atoms with Gasteiger partial charge in [-0.1, -0.05) is 91.0 Å². The zero-order chi connectivity index (χ0) is 42.0. The second-order valence-corrected chi connectivity index (χ2v) is 20.1. The number of aromatic nitrogens is 3. The van der Waals surface area contributed by atoms with E-state index < -0.39 is 25.9 Å². The SMILES string of the molecule is C[C@@H]1[C@@H]([Si](C)(C)O)[C@H](CCn2cc(C(CO)c3ccccc3)nn2)O[C@@]12C(=O)N(Cc1ccc(NC(=O)c3ccccc3)cc1)c1ccc(NC(=O)c3ccccc3)cc12. The summed E-state index contributed by atoms with van der Waals surface area (Å²) in [4.78, 5) is 55.0. The molecule has 1 aromatic heterocycles. The monoisotopic (exact) mass is 820 g/mol. The third-order valence-electron chi connectivity index (χ3n) is 11.8. The van der Waals surface area contributed by atoms with E-state index in [-0.39, 0.29) is 42.3 Å². The Morgan fingerprint density at radius 2 is 1.42 bits per heavy atom. The number of rotatable bonds is 13. The number of benzene rings is 5. The predicted molar refractivity (Wildman–Crippen MR) is 232 cm³/mol. The van der Waals surface area contributed by atoms with Gasteiger partial charge in [0, 0.05) is 52.3 Å². The number of nitrogens with zero attached hydrogens (tertiary/aromatic N) is 4. The minimum atomic E-state index is -3.00. The van der Waals surface area contributed by atoms with Crippen molar-refractivity contribution in [3.05, 3.63) is 173 Å². The fraction of sp³-hybridized carbons (Fsp3) is 0.255. The number of carbonyl (C=O) groups excluding carboxylic acids is 3. The summed E-state index contributed by atoms with van der Waals surface area (Å²) >= 11 is 0. The van der Waals surface area contributed by atoms with Crippen molar-refractivity contribution in [3.63, 3.8) is 0 Å². The Morgan fingerprint density at radius 1 is 0.833 bits per heavy atom. The molecule has 12 nitrogen and oxygen atoms in total. The fourth-order valence-corrected chi connectivity index (χ4v) is 11.5. The summed E-state index contributed by atoms with van der Waals surface area (Å²) in [6.07, 6.45) is 1.75. The van der Waals surface area contributed by atoms with Crippen molar-refractivity contribution in [2.45, 2.75) is 62.7 Å². The molecule has 1 spiro atoms. The summed E-state index contributed by atoms with van der Waals surface area (Å²) in [5, 5.41) is 25.0. The molecule has 1 unspecified atom stereocenters. The maximum Gasteiger partial charge on any atom is 0.264 e. The molecule has 1 fully saturated rings. The van der Waals surface area contributed by atoms with E-state index in [0.29, 0.717) is 52.4 Å². The van der Waals surface area contributed by atoms with Gasteiger partial charge in [0.2, 0.25) is 0 Å². The predicted octanol–water partition coefficient (Wildman–Crippen LogP) is 7.34. The molecule has 13 heteroatoms. The molecule has 3 heterocycles. The molecule has 4 N–H and O–H groups in total. The molecule has 3 amide bonds. The lowest BCUT2D eigenvalue weighted by Crippen LogP contribution is -2.46. The number of amides is 3. The quantitative estimate of drug-likeness (QED) is 0.0882. The van der Waals surface area contributed by atoms with Gasteiger partial charge in [0.25, 0.3) is 17.7 Å². The Kier molecular flexibility index (Phi) is 11.3. The van der Waals surface area contributed by atoms with E-state index in [4.69, 9.17) is 4.74 Å². The minimum absolute atomic E-state index is 0.123. The molecule has 5 aromatic carbocycles. The Labute approximate surface area is 350 Å². The zero-order valence-corrected chi connectivity index (χ0v) is 34.7. The number of carbonyl (C=O) groups is 3. The third-order valence-corrected chi connectivity index (χ3v) is 14.3. The summed E-state index contributed by atoms with van der Waals surface area (Å²) in [6.45, 7) is 6.25. The van der Waals surface area contributed by atoms with Gasteiger partial charge in [-0.25, -0.2) is 0 Å². The summed E-state index contributed by atoms with van der Waals surface area (Å²) in [6, 6.07) is 40.4. The smallest absolute Gasteiger partial charge is 0.264 e. The number of aliphatic hydroxyl groups excluding tert-OH is 1. The van der Waals surface area contributed by atoms with Crippen molar-refractivity contribution in [2.75, 3.05) is 22.1 Å². The van der Waals surface area contributed by atoms with Crippen molar-refractivity contribution in [2.24, 2.45) is 5.92 Å². The van der Waals surface area contributed by atoms with Crippen molar-refractivity contribution >= 4 is 43.1 Å². The van der Waals surface area contributed by atoms with Gasteiger partial charge in [0.05, 0.1) is 36.6 Å². The first-order chi connectivity index (χ1) is 29.0. The number of aliphatic hydroxyl groups is 1. The van der Waals surface area contributed by atoms with Crippen molar-refractivity contribution in [1.82, 2.24) is 15.0 Å². The molecule has 8 rings (SSSR count).